The van der Waals surface area contributed by atoms with Gasteiger partial charge in [0.2, 0.25) is 0 Å². The van der Waals surface area contributed by atoms with E-state index in [1.165, 1.54) is 12.1 Å². The number of halogens is 1. The Morgan fingerprint density at radius 2 is 1.71 bits per heavy atom. The number of aryl methyl sites for hydroxylation is 1. The van der Waals surface area contributed by atoms with Crippen molar-refractivity contribution in [2.45, 2.75) is 52.1 Å². The van der Waals surface area contributed by atoms with Crippen molar-refractivity contribution in [3.05, 3.63) is 35.1 Å². The second-order valence-electron chi connectivity index (χ2n) is 6.16. The summed E-state index contributed by atoms with van der Waals surface area (Å²) in [7, 11) is 0. The number of rotatable bonds is 1. The Balaban J connectivity index is 2.27. The molecule has 0 bridgehead atoms. The summed E-state index contributed by atoms with van der Waals surface area (Å²) in [5.41, 5.74) is 1.31. The molecule has 0 saturated heterocycles. The molecule has 0 atom stereocenters. The SMILES string of the molecule is Cc1cc(F)ccc1C1(O)CCC(C)(C)CC1. The highest BCUT2D eigenvalue weighted by atomic mass is 19.1. The molecule has 17 heavy (non-hydrogen) atoms. The van der Waals surface area contributed by atoms with Gasteiger partial charge >= 0.3 is 0 Å². The van der Waals surface area contributed by atoms with Gasteiger partial charge in [0.25, 0.3) is 0 Å². The first-order valence-corrected chi connectivity index (χ1v) is 6.31. The standard InChI is InChI=1S/C15H21FO/c1-11-10-12(16)4-5-13(11)15(17)8-6-14(2,3)7-9-15/h4-5,10,17H,6-9H2,1-3H3. The fourth-order valence-corrected chi connectivity index (χ4v) is 2.76. The second kappa shape index (κ2) is 4.09. The lowest BCUT2D eigenvalue weighted by molar-refractivity contribution is -0.0310. The third-order valence-corrected chi connectivity index (χ3v) is 4.12. The van der Waals surface area contributed by atoms with Crippen LogP contribution in [0.15, 0.2) is 18.2 Å². The monoisotopic (exact) mass is 236 g/mol. The van der Waals surface area contributed by atoms with Gasteiger partial charge in [-0.2, -0.15) is 0 Å². The molecule has 1 aliphatic rings. The minimum atomic E-state index is -0.757. The zero-order valence-corrected chi connectivity index (χ0v) is 10.9. The van der Waals surface area contributed by atoms with Crippen LogP contribution in [-0.4, -0.2) is 5.11 Å². The molecule has 0 radical (unpaired) electrons. The van der Waals surface area contributed by atoms with Crippen LogP contribution in [0.3, 0.4) is 0 Å². The van der Waals surface area contributed by atoms with Gasteiger partial charge in [-0.25, -0.2) is 4.39 Å². The molecular weight excluding hydrogens is 215 g/mol. The lowest BCUT2D eigenvalue weighted by Gasteiger charge is -2.41. The summed E-state index contributed by atoms with van der Waals surface area (Å²) in [6, 6.07) is 4.69. The Morgan fingerprint density at radius 1 is 1.12 bits per heavy atom. The molecular formula is C15H21FO. The molecule has 94 valence electrons. The Labute approximate surface area is 103 Å². The van der Waals surface area contributed by atoms with Crippen LogP contribution >= 0.6 is 0 Å². The fraction of sp³-hybridized carbons (Fsp3) is 0.600. The van der Waals surface area contributed by atoms with Crippen molar-refractivity contribution in [2.75, 3.05) is 0 Å². The molecule has 1 nitrogen and oxygen atoms in total. The maximum atomic E-state index is 13.1. The van der Waals surface area contributed by atoms with E-state index in [9.17, 15) is 9.50 Å². The van der Waals surface area contributed by atoms with Gasteiger partial charge in [-0.3, -0.25) is 0 Å². The molecule has 1 aromatic rings. The quantitative estimate of drug-likeness (QED) is 0.783. The van der Waals surface area contributed by atoms with E-state index < -0.39 is 5.60 Å². The number of benzene rings is 1. The van der Waals surface area contributed by atoms with E-state index >= 15 is 0 Å². The smallest absolute Gasteiger partial charge is 0.123 e. The average Bonchev–Trinajstić information content (AvgIpc) is 2.23. The molecule has 0 aliphatic heterocycles. The van der Waals surface area contributed by atoms with Crippen molar-refractivity contribution in [2.24, 2.45) is 5.41 Å². The second-order valence-corrected chi connectivity index (χ2v) is 6.16. The highest BCUT2D eigenvalue weighted by Gasteiger charge is 2.38. The van der Waals surface area contributed by atoms with Gasteiger partial charge in [0.05, 0.1) is 5.60 Å². The normalized spacial score (nSPS) is 22.4. The van der Waals surface area contributed by atoms with Gasteiger partial charge in [0.15, 0.2) is 0 Å². The first kappa shape index (κ1) is 12.6. The molecule has 0 heterocycles. The largest absolute Gasteiger partial charge is 0.385 e. The van der Waals surface area contributed by atoms with Gasteiger partial charge in [-0.05, 0) is 61.3 Å². The molecule has 1 N–H and O–H groups in total. The summed E-state index contributed by atoms with van der Waals surface area (Å²) in [5.74, 6) is -0.231. The van der Waals surface area contributed by atoms with E-state index in [1.54, 1.807) is 6.07 Å². The fourth-order valence-electron chi connectivity index (χ4n) is 2.76. The van der Waals surface area contributed by atoms with Crippen molar-refractivity contribution in [1.82, 2.24) is 0 Å². The Morgan fingerprint density at radius 3 is 2.24 bits per heavy atom. The average molecular weight is 236 g/mol. The molecule has 0 amide bonds. The highest BCUT2D eigenvalue weighted by Crippen LogP contribution is 2.45. The first-order chi connectivity index (χ1) is 7.82. The van der Waals surface area contributed by atoms with Gasteiger partial charge in [-0.15, -0.1) is 0 Å². The lowest BCUT2D eigenvalue weighted by Crippen LogP contribution is -2.35. The van der Waals surface area contributed by atoms with E-state index in [2.05, 4.69) is 13.8 Å². The van der Waals surface area contributed by atoms with Crippen LogP contribution in [0, 0.1) is 18.2 Å². The maximum absolute atomic E-state index is 13.1. The molecule has 0 aromatic heterocycles. The Bertz CT molecular complexity index is 413. The minimum absolute atomic E-state index is 0.231. The summed E-state index contributed by atoms with van der Waals surface area (Å²) in [6.45, 7) is 6.35. The molecule has 0 unspecified atom stereocenters. The van der Waals surface area contributed by atoms with Gasteiger partial charge in [0, 0.05) is 0 Å². The van der Waals surface area contributed by atoms with Crippen molar-refractivity contribution >= 4 is 0 Å². The van der Waals surface area contributed by atoms with E-state index in [0.29, 0.717) is 5.41 Å². The van der Waals surface area contributed by atoms with Crippen LogP contribution in [0.4, 0.5) is 4.39 Å². The molecule has 2 rings (SSSR count). The topological polar surface area (TPSA) is 20.2 Å². The van der Waals surface area contributed by atoms with Crippen LogP contribution in [0.2, 0.25) is 0 Å². The lowest BCUT2D eigenvalue weighted by atomic mass is 9.68. The Kier molecular flexibility index (Phi) is 3.03. The van der Waals surface area contributed by atoms with Crippen molar-refractivity contribution in [3.63, 3.8) is 0 Å². The number of hydrogen-bond donors (Lipinski definition) is 1. The molecule has 2 heteroatoms. The minimum Gasteiger partial charge on any atom is -0.385 e. The van der Waals surface area contributed by atoms with E-state index in [4.69, 9.17) is 0 Å². The first-order valence-electron chi connectivity index (χ1n) is 6.31. The van der Waals surface area contributed by atoms with E-state index in [-0.39, 0.29) is 5.82 Å². The van der Waals surface area contributed by atoms with Crippen molar-refractivity contribution in [1.29, 1.82) is 0 Å². The Hall–Kier alpha value is -0.890. The predicted molar refractivity (Wildman–Crippen MR) is 67.3 cm³/mol. The molecule has 1 fully saturated rings. The third kappa shape index (κ3) is 2.52. The van der Waals surface area contributed by atoms with Gasteiger partial charge in [-0.1, -0.05) is 19.9 Å². The third-order valence-electron chi connectivity index (χ3n) is 4.12. The van der Waals surface area contributed by atoms with Gasteiger partial charge in [0.1, 0.15) is 5.82 Å². The van der Waals surface area contributed by atoms with Crippen molar-refractivity contribution in [3.8, 4) is 0 Å². The molecule has 1 saturated carbocycles. The number of hydrogen-bond acceptors (Lipinski definition) is 1. The molecule has 1 aliphatic carbocycles. The predicted octanol–water partition coefficient (Wildman–Crippen LogP) is 3.92. The van der Waals surface area contributed by atoms with Gasteiger partial charge < -0.3 is 5.11 Å². The van der Waals surface area contributed by atoms with Crippen LogP contribution in [0.25, 0.3) is 0 Å². The van der Waals surface area contributed by atoms with Crippen LogP contribution in [0.5, 0.6) is 0 Å². The highest BCUT2D eigenvalue weighted by molar-refractivity contribution is 5.32. The van der Waals surface area contributed by atoms with Crippen LogP contribution < -0.4 is 0 Å². The van der Waals surface area contributed by atoms with Crippen LogP contribution in [0.1, 0.15) is 50.7 Å². The summed E-state index contributed by atoms with van der Waals surface area (Å²) in [5, 5.41) is 10.7. The summed E-state index contributed by atoms with van der Waals surface area (Å²) in [6.07, 6.45) is 3.57. The van der Waals surface area contributed by atoms with E-state index in [1.807, 2.05) is 6.92 Å². The summed E-state index contributed by atoms with van der Waals surface area (Å²) < 4.78 is 13.1. The maximum Gasteiger partial charge on any atom is 0.123 e. The summed E-state index contributed by atoms with van der Waals surface area (Å²) >= 11 is 0. The van der Waals surface area contributed by atoms with Crippen molar-refractivity contribution < 1.29 is 9.50 Å². The zero-order valence-electron chi connectivity index (χ0n) is 10.9. The molecule has 0 spiro atoms. The van der Waals surface area contributed by atoms with Crippen LogP contribution in [-0.2, 0) is 5.60 Å². The van der Waals surface area contributed by atoms with E-state index in [0.717, 1.165) is 36.8 Å². The zero-order chi connectivity index (χ0) is 12.7. The summed E-state index contributed by atoms with van der Waals surface area (Å²) in [4.78, 5) is 0. The molecule has 1 aromatic carbocycles. The number of aliphatic hydroxyl groups is 1.